The summed E-state index contributed by atoms with van der Waals surface area (Å²) in [5.74, 6) is 0. The Labute approximate surface area is 358 Å². The zero-order chi connectivity index (χ0) is 41.1. The second kappa shape index (κ2) is 16.4. The molecule has 0 N–H and O–H groups in total. The van der Waals surface area contributed by atoms with Gasteiger partial charge in [0.25, 0.3) is 0 Å². The normalized spacial score (nSPS) is 11.1. The molecular weight excluding hydrogens is 739 g/mol. The monoisotopic (exact) mass is 783 g/mol. The number of rotatable bonds is 10. The molecule has 0 radical (unpaired) electrons. The van der Waals surface area contributed by atoms with E-state index in [1.807, 2.05) is 0 Å². The molecule has 0 saturated carbocycles. The number of anilines is 9. The smallest absolute Gasteiger partial charge is 0.0540 e. The van der Waals surface area contributed by atoms with Crippen molar-refractivity contribution in [2.24, 2.45) is 0 Å². The van der Waals surface area contributed by atoms with Crippen molar-refractivity contribution < 1.29 is 0 Å². The zero-order valence-electron chi connectivity index (χ0n) is 34.4. The van der Waals surface area contributed by atoms with E-state index in [2.05, 4.69) is 265 Å². The van der Waals surface area contributed by atoms with Gasteiger partial charge >= 0.3 is 0 Å². The van der Waals surface area contributed by atoms with Crippen LogP contribution in [-0.4, -0.2) is 0 Å². The molecule has 0 heterocycles. The quantitative estimate of drug-likeness (QED) is 0.137. The van der Waals surface area contributed by atoms with Gasteiger partial charge < -0.3 is 14.7 Å². The van der Waals surface area contributed by atoms with Gasteiger partial charge in [0.1, 0.15) is 0 Å². The molecule has 0 aliphatic heterocycles. The summed E-state index contributed by atoms with van der Waals surface area (Å²) in [6.45, 7) is 4.27. The molecule has 10 rings (SSSR count). The Balaban J connectivity index is 0.980. The molecule has 0 fully saturated rings. The minimum Gasteiger partial charge on any atom is -0.311 e. The van der Waals surface area contributed by atoms with Crippen LogP contribution in [0, 0.1) is 13.8 Å². The first-order valence-electron chi connectivity index (χ1n) is 20.9. The molecular formula is C58H45N3. The molecule has 61 heavy (non-hydrogen) atoms. The molecule has 0 unspecified atom stereocenters. The van der Waals surface area contributed by atoms with Gasteiger partial charge in [0.05, 0.1) is 11.4 Å². The van der Waals surface area contributed by atoms with E-state index in [0.717, 1.165) is 62.3 Å². The first kappa shape index (κ1) is 37.4. The van der Waals surface area contributed by atoms with Crippen molar-refractivity contribution in [2.45, 2.75) is 13.8 Å². The van der Waals surface area contributed by atoms with Crippen LogP contribution in [0.5, 0.6) is 0 Å². The lowest BCUT2D eigenvalue weighted by atomic mass is 10.0. The minimum absolute atomic E-state index is 1.08. The molecule has 0 spiro atoms. The molecule has 3 nitrogen and oxygen atoms in total. The Kier molecular flexibility index (Phi) is 10.1. The third-order valence-corrected chi connectivity index (χ3v) is 11.6. The Hall–Kier alpha value is -7.88. The van der Waals surface area contributed by atoms with Gasteiger partial charge in [-0.05, 0) is 133 Å². The fourth-order valence-corrected chi connectivity index (χ4v) is 8.43. The van der Waals surface area contributed by atoms with Crippen molar-refractivity contribution >= 4 is 72.7 Å². The van der Waals surface area contributed by atoms with Gasteiger partial charge in [0.15, 0.2) is 0 Å². The molecule has 10 aromatic rings. The van der Waals surface area contributed by atoms with Crippen LogP contribution in [0.4, 0.5) is 51.2 Å². The Morgan fingerprint density at radius 2 is 0.525 bits per heavy atom. The first-order valence-corrected chi connectivity index (χ1v) is 20.9. The van der Waals surface area contributed by atoms with Crippen LogP contribution in [0.25, 0.3) is 32.7 Å². The highest BCUT2D eigenvalue weighted by Gasteiger charge is 2.19. The molecule has 0 aliphatic rings. The van der Waals surface area contributed by atoms with Crippen molar-refractivity contribution in [3.05, 3.63) is 248 Å². The van der Waals surface area contributed by atoms with Crippen LogP contribution in [-0.2, 0) is 0 Å². The van der Waals surface area contributed by atoms with Gasteiger partial charge in [-0.15, -0.1) is 0 Å². The molecule has 0 saturated heterocycles. The van der Waals surface area contributed by atoms with E-state index in [1.54, 1.807) is 0 Å². The summed E-state index contributed by atoms with van der Waals surface area (Å²) in [6.07, 6.45) is 0. The van der Waals surface area contributed by atoms with E-state index in [9.17, 15) is 0 Å². The standard InChI is InChI=1S/C58H45N3/c1-42-22-30-51(31-23-42)60(57-20-10-14-46-12-6-8-18-55(46)57)53-36-28-45(29-37-53)44-26-34-49(35-27-44)59(48-16-4-3-5-17-48)50-38-40-54(41-39-50)61(52-32-24-43(2)25-33-52)58-21-11-15-47-13-7-9-19-56(47)58/h3-41H,1-2H3. The summed E-state index contributed by atoms with van der Waals surface area (Å²) in [6, 6.07) is 85.3. The molecule has 0 aliphatic carbocycles. The molecule has 292 valence electrons. The summed E-state index contributed by atoms with van der Waals surface area (Å²) in [5.41, 5.74) is 14.8. The van der Waals surface area contributed by atoms with Crippen LogP contribution in [0.3, 0.4) is 0 Å². The summed E-state index contributed by atoms with van der Waals surface area (Å²) < 4.78 is 0. The highest BCUT2D eigenvalue weighted by Crippen LogP contribution is 2.43. The Morgan fingerprint density at radius 3 is 0.934 bits per heavy atom. The third-order valence-electron chi connectivity index (χ3n) is 11.6. The lowest BCUT2D eigenvalue weighted by molar-refractivity contribution is 1.26. The molecule has 0 aromatic heterocycles. The maximum Gasteiger partial charge on any atom is 0.0540 e. The number of hydrogen-bond donors (Lipinski definition) is 0. The van der Waals surface area contributed by atoms with Gasteiger partial charge in [-0.3, -0.25) is 0 Å². The summed E-state index contributed by atoms with van der Waals surface area (Å²) in [7, 11) is 0. The topological polar surface area (TPSA) is 9.72 Å². The fourth-order valence-electron chi connectivity index (χ4n) is 8.43. The van der Waals surface area contributed by atoms with Crippen LogP contribution >= 0.6 is 0 Å². The van der Waals surface area contributed by atoms with E-state index >= 15 is 0 Å². The summed E-state index contributed by atoms with van der Waals surface area (Å²) in [5, 5.41) is 4.87. The molecule has 3 heteroatoms. The zero-order valence-corrected chi connectivity index (χ0v) is 34.4. The van der Waals surface area contributed by atoms with Crippen molar-refractivity contribution in [3.8, 4) is 11.1 Å². The predicted molar refractivity (Wildman–Crippen MR) is 260 cm³/mol. The highest BCUT2D eigenvalue weighted by atomic mass is 15.2. The maximum atomic E-state index is 2.36. The van der Waals surface area contributed by atoms with Crippen LogP contribution in [0.15, 0.2) is 237 Å². The minimum atomic E-state index is 1.08. The molecule has 10 aromatic carbocycles. The maximum absolute atomic E-state index is 2.36. The predicted octanol–water partition coefficient (Wildman–Crippen LogP) is 16.7. The lowest BCUT2D eigenvalue weighted by Crippen LogP contribution is -2.12. The highest BCUT2D eigenvalue weighted by molar-refractivity contribution is 6.00. The summed E-state index contributed by atoms with van der Waals surface area (Å²) >= 11 is 0. The number of aryl methyl sites for hydroxylation is 2. The van der Waals surface area contributed by atoms with E-state index in [1.165, 1.54) is 32.7 Å². The molecule has 0 amide bonds. The van der Waals surface area contributed by atoms with Gasteiger partial charge in [-0.1, -0.05) is 151 Å². The van der Waals surface area contributed by atoms with Crippen molar-refractivity contribution in [2.75, 3.05) is 14.7 Å². The van der Waals surface area contributed by atoms with Crippen LogP contribution in [0.2, 0.25) is 0 Å². The van der Waals surface area contributed by atoms with Crippen molar-refractivity contribution in [3.63, 3.8) is 0 Å². The van der Waals surface area contributed by atoms with E-state index in [4.69, 9.17) is 0 Å². The largest absolute Gasteiger partial charge is 0.311 e. The average Bonchev–Trinajstić information content (AvgIpc) is 3.32. The number of fused-ring (bicyclic) bond motifs is 2. The number of para-hydroxylation sites is 1. The van der Waals surface area contributed by atoms with Gasteiger partial charge in [0, 0.05) is 50.6 Å². The van der Waals surface area contributed by atoms with Crippen molar-refractivity contribution in [1.29, 1.82) is 0 Å². The first-order chi connectivity index (χ1) is 30.1. The van der Waals surface area contributed by atoms with Gasteiger partial charge in [-0.2, -0.15) is 0 Å². The summed E-state index contributed by atoms with van der Waals surface area (Å²) in [4.78, 5) is 7.05. The average molecular weight is 784 g/mol. The number of nitrogens with zero attached hydrogens (tertiary/aromatic N) is 3. The SMILES string of the molecule is Cc1ccc(N(c2ccc(-c3ccc(N(c4ccccc4)c4ccc(N(c5ccc(C)cc5)c5cccc6ccccc56)cc4)cc3)cc2)c2cccc3ccccc23)cc1. The second-order valence-corrected chi connectivity index (χ2v) is 15.6. The van der Waals surface area contributed by atoms with E-state index in [-0.39, 0.29) is 0 Å². The van der Waals surface area contributed by atoms with E-state index < -0.39 is 0 Å². The molecule has 0 bridgehead atoms. The van der Waals surface area contributed by atoms with Gasteiger partial charge in [0.2, 0.25) is 0 Å². The van der Waals surface area contributed by atoms with Crippen LogP contribution in [0.1, 0.15) is 11.1 Å². The van der Waals surface area contributed by atoms with Crippen LogP contribution < -0.4 is 14.7 Å². The molecule has 0 atom stereocenters. The second-order valence-electron chi connectivity index (χ2n) is 15.6. The van der Waals surface area contributed by atoms with Gasteiger partial charge in [-0.25, -0.2) is 0 Å². The van der Waals surface area contributed by atoms with Crippen molar-refractivity contribution in [1.82, 2.24) is 0 Å². The Bertz CT molecular complexity index is 3050. The Morgan fingerprint density at radius 1 is 0.230 bits per heavy atom. The third kappa shape index (κ3) is 7.50. The lowest BCUT2D eigenvalue weighted by Gasteiger charge is -2.29. The van der Waals surface area contributed by atoms with E-state index in [0.29, 0.717) is 0 Å². The fraction of sp³-hybridized carbons (Fsp3) is 0.0345. The number of hydrogen-bond acceptors (Lipinski definition) is 3. The number of benzene rings is 10.